The zero-order valence-corrected chi connectivity index (χ0v) is 25.5. The first-order chi connectivity index (χ1) is 20.2. The first kappa shape index (κ1) is 31.4. The maximum Gasteiger partial charge on any atom is 0.218 e. The van der Waals surface area contributed by atoms with Gasteiger partial charge in [-0.25, -0.2) is 4.98 Å². The van der Waals surface area contributed by atoms with E-state index in [-0.39, 0.29) is 0 Å². The number of aliphatic hydroxyl groups is 2. The van der Waals surface area contributed by atoms with E-state index in [1.807, 2.05) is 61.5 Å². The molecule has 4 aromatic rings. The molecular weight excluding hydrogens is 552 g/mol. The van der Waals surface area contributed by atoms with Gasteiger partial charge in [-0.3, -0.25) is 4.98 Å². The van der Waals surface area contributed by atoms with Crippen LogP contribution < -0.4 is 20.1 Å². The number of rotatable bonds is 13. The molecular formula is C33H39ClN4O4. The standard InChI is InChI=1S/C33H39ClN4O4/c1-20(39)16-35-18-24-10-9-23(15-30(24)41-4)32-22(3)26(13-14-37-32)27-7-6-8-28(31(27)34)29-12-11-25(33(38-29)42-5)19-36-17-21(2)40/h6-15,20-21,35-36,39-40H,16-19H2,1-5H3/t20-,21-/m1/s1. The number of hydrogen-bond acceptors (Lipinski definition) is 8. The van der Waals surface area contributed by atoms with E-state index < -0.39 is 12.2 Å². The summed E-state index contributed by atoms with van der Waals surface area (Å²) in [6.07, 6.45) is 0.935. The van der Waals surface area contributed by atoms with Crippen molar-refractivity contribution >= 4 is 11.6 Å². The molecule has 8 nitrogen and oxygen atoms in total. The summed E-state index contributed by atoms with van der Waals surface area (Å²) >= 11 is 7.05. The zero-order chi connectivity index (χ0) is 30.2. The van der Waals surface area contributed by atoms with Crippen molar-refractivity contribution in [3.8, 4) is 45.3 Å². The third-order valence-corrected chi connectivity index (χ3v) is 7.38. The minimum atomic E-state index is -0.438. The molecule has 0 saturated heterocycles. The molecule has 0 spiro atoms. The molecule has 0 saturated carbocycles. The lowest BCUT2D eigenvalue weighted by atomic mass is 9.94. The molecule has 2 heterocycles. The third-order valence-electron chi connectivity index (χ3n) is 6.97. The third kappa shape index (κ3) is 7.45. The predicted molar refractivity (Wildman–Crippen MR) is 168 cm³/mol. The van der Waals surface area contributed by atoms with Crippen LogP contribution in [0.1, 0.15) is 30.5 Å². The highest BCUT2D eigenvalue weighted by molar-refractivity contribution is 6.36. The molecule has 222 valence electrons. The Bertz CT molecular complexity index is 1400. The van der Waals surface area contributed by atoms with Crippen LogP contribution in [0.2, 0.25) is 5.02 Å². The summed E-state index contributed by atoms with van der Waals surface area (Å²) in [6.45, 7) is 7.62. The van der Waals surface area contributed by atoms with E-state index in [4.69, 9.17) is 31.0 Å². The van der Waals surface area contributed by atoms with E-state index in [0.29, 0.717) is 42.8 Å². The maximum atomic E-state index is 9.55. The zero-order valence-electron chi connectivity index (χ0n) is 24.7. The molecule has 0 bridgehead atoms. The Balaban J connectivity index is 1.66. The van der Waals surface area contributed by atoms with Crippen LogP contribution in [-0.4, -0.2) is 59.7 Å². The van der Waals surface area contributed by atoms with Crippen LogP contribution in [0.5, 0.6) is 11.6 Å². The number of aliphatic hydroxyl groups excluding tert-OH is 2. The van der Waals surface area contributed by atoms with Crippen LogP contribution in [0.15, 0.2) is 60.8 Å². The highest BCUT2D eigenvalue weighted by atomic mass is 35.5. The first-order valence-corrected chi connectivity index (χ1v) is 14.3. The Morgan fingerprint density at radius 2 is 1.50 bits per heavy atom. The lowest BCUT2D eigenvalue weighted by molar-refractivity contribution is 0.190. The lowest BCUT2D eigenvalue weighted by Gasteiger charge is -2.16. The largest absolute Gasteiger partial charge is 0.496 e. The van der Waals surface area contributed by atoms with Gasteiger partial charge in [0, 0.05) is 60.2 Å². The summed E-state index contributed by atoms with van der Waals surface area (Å²) in [7, 11) is 3.25. The molecule has 2 atom stereocenters. The fourth-order valence-electron chi connectivity index (χ4n) is 4.86. The van der Waals surface area contributed by atoms with Gasteiger partial charge < -0.3 is 30.3 Å². The molecule has 0 aliphatic rings. The number of methoxy groups -OCH3 is 2. The van der Waals surface area contributed by atoms with Crippen molar-refractivity contribution in [1.29, 1.82) is 0 Å². The number of aromatic nitrogens is 2. The summed E-state index contributed by atoms with van der Waals surface area (Å²) in [5, 5.41) is 26.1. The Labute approximate surface area is 252 Å². The molecule has 9 heteroatoms. The van der Waals surface area contributed by atoms with Gasteiger partial charge in [-0.2, -0.15) is 0 Å². The van der Waals surface area contributed by atoms with Gasteiger partial charge in [0.2, 0.25) is 5.88 Å². The molecule has 4 rings (SSSR count). The van der Waals surface area contributed by atoms with Gasteiger partial charge in [-0.05, 0) is 50.1 Å². The molecule has 0 fully saturated rings. The number of hydrogen-bond donors (Lipinski definition) is 4. The van der Waals surface area contributed by atoms with Crippen LogP contribution in [0.4, 0.5) is 0 Å². The second-order valence-electron chi connectivity index (χ2n) is 10.4. The van der Waals surface area contributed by atoms with Gasteiger partial charge in [-0.15, -0.1) is 0 Å². The minimum absolute atomic E-state index is 0.420. The highest BCUT2D eigenvalue weighted by Crippen LogP contribution is 2.40. The van der Waals surface area contributed by atoms with Gasteiger partial charge in [0.1, 0.15) is 5.75 Å². The van der Waals surface area contributed by atoms with Crippen LogP contribution in [-0.2, 0) is 13.1 Å². The Morgan fingerprint density at radius 1 is 0.833 bits per heavy atom. The fourth-order valence-corrected chi connectivity index (χ4v) is 5.18. The molecule has 0 aliphatic carbocycles. The predicted octanol–water partition coefficient (Wildman–Crippen LogP) is 5.40. The monoisotopic (exact) mass is 590 g/mol. The van der Waals surface area contributed by atoms with Crippen molar-refractivity contribution in [1.82, 2.24) is 20.6 Å². The topological polar surface area (TPSA) is 109 Å². The van der Waals surface area contributed by atoms with E-state index >= 15 is 0 Å². The molecule has 2 aromatic carbocycles. The normalized spacial score (nSPS) is 12.7. The number of ether oxygens (including phenoxy) is 2. The Hall–Kier alpha value is -3.53. The van der Waals surface area contributed by atoms with Gasteiger partial charge in [0.25, 0.3) is 0 Å². The van der Waals surface area contributed by atoms with Crippen LogP contribution in [0, 0.1) is 6.92 Å². The van der Waals surface area contributed by atoms with Crippen molar-refractivity contribution in [3.05, 3.63) is 82.5 Å². The summed E-state index contributed by atoms with van der Waals surface area (Å²) < 4.78 is 11.3. The van der Waals surface area contributed by atoms with Crippen LogP contribution in [0.25, 0.3) is 33.6 Å². The molecule has 0 amide bonds. The van der Waals surface area contributed by atoms with E-state index in [1.54, 1.807) is 34.3 Å². The second kappa shape index (κ2) is 14.6. The average molecular weight is 591 g/mol. The number of halogens is 1. The number of nitrogens with one attached hydrogen (secondary N) is 2. The van der Waals surface area contributed by atoms with Gasteiger partial charge in [-0.1, -0.05) is 48.0 Å². The average Bonchev–Trinajstić information content (AvgIpc) is 2.97. The fraction of sp³-hybridized carbons (Fsp3) is 0.333. The van der Waals surface area contributed by atoms with E-state index in [9.17, 15) is 10.2 Å². The molecule has 2 aromatic heterocycles. The van der Waals surface area contributed by atoms with E-state index in [0.717, 1.165) is 50.4 Å². The summed E-state index contributed by atoms with van der Waals surface area (Å²) in [5.41, 5.74) is 8.00. The van der Waals surface area contributed by atoms with Crippen LogP contribution >= 0.6 is 11.6 Å². The maximum absolute atomic E-state index is 9.55. The minimum Gasteiger partial charge on any atom is -0.496 e. The summed E-state index contributed by atoms with van der Waals surface area (Å²) in [5.74, 6) is 1.26. The van der Waals surface area contributed by atoms with Crippen molar-refractivity contribution in [2.24, 2.45) is 0 Å². The first-order valence-electron chi connectivity index (χ1n) is 14.0. The van der Waals surface area contributed by atoms with Crippen molar-refractivity contribution in [2.75, 3.05) is 27.3 Å². The summed E-state index contributed by atoms with van der Waals surface area (Å²) in [4.78, 5) is 9.45. The Kier molecular flexibility index (Phi) is 10.9. The molecule has 0 unspecified atom stereocenters. The van der Waals surface area contributed by atoms with E-state index in [2.05, 4.69) is 10.6 Å². The molecule has 0 radical (unpaired) electrons. The number of pyridine rings is 2. The second-order valence-corrected chi connectivity index (χ2v) is 10.7. The van der Waals surface area contributed by atoms with Gasteiger partial charge >= 0.3 is 0 Å². The van der Waals surface area contributed by atoms with Crippen LogP contribution in [0.3, 0.4) is 0 Å². The molecule has 42 heavy (non-hydrogen) atoms. The van der Waals surface area contributed by atoms with Gasteiger partial charge in [0.05, 0.1) is 42.8 Å². The smallest absolute Gasteiger partial charge is 0.218 e. The van der Waals surface area contributed by atoms with Gasteiger partial charge in [0.15, 0.2) is 0 Å². The Morgan fingerprint density at radius 3 is 2.17 bits per heavy atom. The summed E-state index contributed by atoms with van der Waals surface area (Å²) in [6, 6.07) is 17.8. The van der Waals surface area contributed by atoms with E-state index in [1.165, 1.54) is 0 Å². The molecule has 4 N–H and O–H groups in total. The lowest BCUT2D eigenvalue weighted by Crippen LogP contribution is -2.24. The van der Waals surface area contributed by atoms with Crippen molar-refractivity contribution in [3.63, 3.8) is 0 Å². The molecule has 0 aliphatic heterocycles. The number of benzene rings is 2. The van der Waals surface area contributed by atoms with Crippen molar-refractivity contribution in [2.45, 2.75) is 46.1 Å². The quantitative estimate of drug-likeness (QED) is 0.164. The highest BCUT2D eigenvalue weighted by Gasteiger charge is 2.17. The SMILES string of the molecule is COc1cc(-c2nccc(-c3cccc(-c4ccc(CNC[C@@H](C)O)c(OC)n4)c3Cl)c2C)ccc1CNC[C@@H](C)O. The van der Waals surface area contributed by atoms with Crippen molar-refractivity contribution < 1.29 is 19.7 Å². The number of nitrogens with zero attached hydrogens (tertiary/aromatic N) is 2.